The number of phenolic OH excluding ortho intramolecular Hbond substituents is 1. The highest BCUT2D eigenvalue weighted by Crippen LogP contribution is 2.30. The van der Waals surface area contributed by atoms with Gasteiger partial charge in [-0.3, -0.25) is 14.5 Å². The summed E-state index contributed by atoms with van der Waals surface area (Å²) in [5, 5.41) is 24.8. The average Bonchev–Trinajstić information content (AvgIpc) is 3.45. The van der Waals surface area contributed by atoms with Crippen LogP contribution in [0.1, 0.15) is 38.1 Å². The number of hydrogen-bond donors (Lipinski definition) is 2. The predicted octanol–water partition coefficient (Wildman–Crippen LogP) is 3.78. The molecule has 0 saturated carbocycles. The predicted molar refractivity (Wildman–Crippen MR) is 133 cm³/mol. The van der Waals surface area contributed by atoms with Gasteiger partial charge >= 0.3 is 0 Å². The molecule has 37 heavy (non-hydrogen) atoms. The molecule has 2 aromatic heterocycles. The number of hydrogen-bond acceptors (Lipinski definition) is 7. The van der Waals surface area contributed by atoms with Crippen LogP contribution >= 0.6 is 0 Å². The average molecular weight is 507 g/mol. The van der Waals surface area contributed by atoms with Gasteiger partial charge < -0.3 is 14.8 Å². The molecule has 4 rings (SSSR count). The van der Waals surface area contributed by atoms with Crippen molar-refractivity contribution in [3.8, 4) is 17.3 Å². The molecular weight excluding hydrogens is 479 g/mol. The summed E-state index contributed by atoms with van der Waals surface area (Å²) in [5.74, 6) is -0.411. The Hall–Kier alpha value is -4.54. The zero-order valence-electron chi connectivity index (χ0n) is 20.8. The molecule has 0 aliphatic rings. The zero-order valence-corrected chi connectivity index (χ0v) is 20.8. The summed E-state index contributed by atoms with van der Waals surface area (Å²) in [4.78, 5) is 29.6. The molecule has 2 N–H and O–H groups in total. The van der Waals surface area contributed by atoms with Gasteiger partial charge in [0.1, 0.15) is 29.9 Å². The fourth-order valence-electron chi connectivity index (χ4n) is 3.74. The minimum atomic E-state index is -1.19. The molecule has 0 fully saturated rings. The first-order valence-electron chi connectivity index (χ1n) is 11.5. The molecule has 2 amide bonds. The SMILES string of the molecule is Cc1ccc(-c2nnn(CC(=O)N(c3cccc(F)c3)C(C(=O)NC(C)(C)C)c3ccc(O)cc3)n2)o1. The number of amides is 2. The number of carbonyl (C=O) groups excluding carboxylic acids is 2. The van der Waals surface area contributed by atoms with Crippen LogP contribution in [0, 0.1) is 12.7 Å². The summed E-state index contributed by atoms with van der Waals surface area (Å²) in [7, 11) is 0. The number of rotatable bonds is 7. The van der Waals surface area contributed by atoms with Crippen molar-refractivity contribution in [1.82, 2.24) is 25.5 Å². The Morgan fingerprint density at radius 3 is 2.49 bits per heavy atom. The lowest BCUT2D eigenvalue weighted by Gasteiger charge is -2.33. The third kappa shape index (κ3) is 6.18. The second kappa shape index (κ2) is 10.2. The van der Waals surface area contributed by atoms with E-state index < -0.39 is 29.2 Å². The molecule has 0 aliphatic heterocycles. The molecule has 1 atom stereocenters. The van der Waals surface area contributed by atoms with Crippen LogP contribution in [0.3, 0.4) is 0 Å². The maximum Gasteiger partial charge on any atom is 0.251 e. The molecule has 2 heterocycles. The van der Waals surface area contributed by atoms with Crippen molar-refractivity contribution in [2.45, 2.75) is 45.8 Å². The molecule has 1 unspecified atom stereocenters. The number of benzene rings is 2. The van der Waals surface area contributed by atoms with Crippen LogP contribution < -0.4 is 10.2 Å². The van der Waals surface area contributed by atoms with Crippen LogP contribution in [0.15, 0.2) is 65.1 Å². The summed E-state index contributed by atoms with van der Waals surface area (Å²) >= 11 is 0. The maximum atomic E-state index is 14.3. The second-order valence-electron chi connectivity index (χ2n) is 9.53. The molecule has 0 saturated heterocycles. The molecule has 192 valence electrons. The van der Waals surface area contributed by atoms with Gasteiger partial charge in [0.2, 0.25) is 11.7 Å². The number of halogens is 1. The molecular formula is C26H27FN6O4. The van der Waals surface area contributed by atoms with Crippen molar-refractivity contribution in [3.63, 3.8) is 0 Å². The lowest BCUT2D eigenvalue weighted by atomic mass is 10.0. The van der Waals surface area contributed by atoms with Gasteiger partial charge in [0, 0.05) is 11.2 Å². The number of nitrogens with one attached hydrogen (secondary N) is 1. The molecule has 0 radical (unpaired) electrons. The second-order valence-corrected chi connectivity index (χ2v) is 9.53. The normalized spacial score (nSPS) is 12.2. The highest BCUT2D eigenvalue weighted by atomic mass is 19.1. The molecule has 4 aromatic rings. The topological polar surface area (TPSA) is 126 Å². The maximum absolute atomic E-state index is 14.3. The monoisotopic (exact) mass is 506 g/mol. The lowest BCUT2D eigenvalue weighted by molar-refractivity contribution is -0.128. The minimum Gasteiger partial charge on any atom is -0.508 e. The number of nitrogens with zero attached hydrogens (tertiary/aromatic N) is 5. The first-order valence-corrected chi connectivity index (χ1v) is 11.5. The van der Waals surface area contributed by atoms with E-state index in [-0.39, 0.29) is 23.8 Å². The Balaban J connectivity index is 1.75. The van der Waals surface area contributed by atoms with Gasteiger partial charge in [-0.2, -0.15) is 4.80 Å². The van der Waals surface area contributed by atoms with E-state index in [0.717, 1.165) is 4.80 Å². The van der Waals surface area contributed by atoms with Crippen molar-refractivity contribution in [3.05, 3.63) is 77.8 Å². The molecule has 2 aromatic carbocycles. The zero-order chi connectivity index (χ0) is 26.7. The third-order valence-electron chi connectivity index (χ3n) is 5.26. The Morgan fingerprint density at radius 1 is 1.14 bits per heavy atom. The summed E-state index contributed by atoms with van der Waals surface area (Å²) < 4.78 is 19.8. The van der Waals surface area contributed by atoms with E-state index in [1.54, 1.807) is 19.1 Å². The molecule has 11 heteroatoms. The fourth-order valence-corrected chi connectivity index (χ4v) is 3.74. The van der Waals surface area contributed by atoms with E-state index in [1.807, 2.05) is 20.8 Å². The number of phenols is 1. The van der Waals surface area contributed by atoms with Gasteiger partial charge in [-0.15, -0.1) is 10.2 Å². The molecule has 10 nitrogen and oxygen atoms in total. The van der Waals surface area contributed by atoms with E-state index in [0.29, 0.717) is 17.1 Å². The van der Waals surface area contributed by atoms with E-state index in [4.69, 9.17) is 4.42 Å². The van der Waals surface area contributed by atoms with Crippen molar-refractivity contribution < 1.29 is 23.5 Å². The van der Waals surface area contributed by atoms with Gasteiger partial charge in [0.25, 0.3) is 5.91 Å². The van der Waals surface area contributed by atoms with Crippen LogP contribution in [0.2, 0.25) is 0 Å². The van der Waals surface area contributed by atoms with Gasteiger partial charge in [0.05, 0.1) is 0 Å². The Labute approximate surface area is 212 Å². The van der Waals surface area contributed by atoms with Crippen molar-refractivity contribution in [2.75, 3.05) is 4.90 Å². The quantitative estimate of drug-likeness (QED) is 0.391. The van der Waals surface area contributed by atoms with Crippen LogP contribution in [0.4, 0.5) is 10.1 Å². The Bertz CT molecular complexity index is 1410. The van der Waals surface area contributed by atoms with Crippen LogP contribution in [0.25, 0.3) is 11.6 Å². The van der Waals surface area contributed by atoms with Gasteiger partial charge in [-0.05, 0) is 80.9 Å². The number of carbonyl (C=O) groups is 2. The van der Waals surface area contributed by atoms with E-state index >= 15 is 0 Å². The van der Waals surface area contributed by atoms with Gasteiger partial charge in [0.15, 0.2) is 5.76 Å². The number of anilines is 1. The highest BCUT2D eigenvalue weighted by Gasteiger charge is 2.35. The molecule has 0 spiro atoms. The Morgan fingerprint density at radius 2 is 1.86 bits per heavy atom. The van der Waals surface area contributed by atoms with Crippen molar-refractivity contribution >= 4 is 17.5 Å². The molecule has 0 bridgehead atoms. The van der Waals surface area contributed by atoms with E-state index in [9.17, 15) is 19.1 Å². The number of furan rings is 1. The standard InChI is InChI=1S/C26H27FN6O4/c1-16-8-13-21(37-16)24-29-31-32(30-24)15-22(35)33(19-7-5-6-18(27)14-19)23(25(36)28-26(2,3)4)17-9-11-20(34)12-10-17/h5-14,23,34H,15H2,1-4H3,(H,28,36). The van der Waals surface area contributed by atoms with Gasteiger partial charge in [-0.25, -0.2) is 4.39 Å². The number of aromatic nitrogens is 4. The highest BCUT2D eigenvalue weighted by molar-refractivity contribution is 6.01. The van der Waals surface area contributed by atoms with Crippen molar-refractivity contribution in [1.29, 1.82) is 0 Å². The van der Waals surface area contributed by atoms with Crippen LogP contribution in [-0.2, 0) is 16.1 Å². The van der Waals surface area contributed by atoms with Crippen molar-refractivity contribution in [2.24, 2.45) is 0 Å². The first-order chi connectivity index (χ1) is 17.5. The third-order valence-corrected chi connectivity index (χ3v) is 5.26. The number of aryl methyl sites for hydroxylation is 1. The van der Waals surface area contributed by atoms with Crippen LogP contribution in [-0.4, -0.2) is 42.7 Å². The van der Waals surface area contributed by atoms with E-state index in [2.05, 4.69) is 20.7 Å². The van der Waals surface area contributed by atoms with Gasteiger partial charge in [-0.1, -0.05) is 18.2 Å². The first kappa shape index (κ1) is 25.5. The summed E-state index contributed by atoms with van der Waals surface area (Å²) in [5.41, 5.74) is -0.0449. The van der Waals surface area contributed by atoms with E-state index in [1.165, 1.54) is 53.4 Å². The Kier molecular flexibility index (Phi) is 7.05. The largest absolute Gasteiger partial charge is 0.508 e. The molecule has 0 aliphatic carbocycles. The summed E-state index contributed by atoms with van der Waals surface area (Å²) in [6.07, 6.45) is 0. The lowest BCUT2D eigenvalue weighted by Crippen LogP contribution is -2.50. The smallest absolute Gasteiger partial charge is 0.251 e. The fraction of sp³-hybridized carbons (Fsp3) is 0.269. The minimum absolute atomic E-state index is 0.00475. The van der Waals surface area contributed by atoms with Crippen LogP contribution in [0.5, 0.6) is 5.75 Å². The number of aromatic hydroxyl groups is 1. The summed E-state index contributed by atoms with van der Waals surface area (Å²) in [6, 6.07) is 13.5. The number of tetrazole rings is 1. The summed E-state index contributed by atoms with van der Waals surface area (Å²) in [6.45, 7) is 6.82.